The molecule has 0 saturated carbocycles. The molecule has 0 bridgehead atoms. The monoisotopic (exact) mass is 503 g/mol. The van der Waals surface area contributed by atoms with E-state index in [2.05, 4.69) is 95.6 Å². The molecular formula is C34H22BNO3. The van der Waals surface area contributed by atoms with E-state index in [-0.39, 0.29) is 0 Å². The molecule has 39 heavy (non-hydrogen) atoms. The largest absolute Gasteiger partial charge is 0.489 e. The summed E-state index contributed by atoms with van der Waals surface area (Å²) < 4.78 is 8.37. The highest BCUT2D eigenvalue weighted by Crippen LogP contribution is 2.39. The molecule has 2 heterocycles. The number of aromatic nitrogens is 1. The van der Waals surface area contributed by atoms with Crippen LogP contribution in [0.25, 0.3) is 71.3 Å². The predicted molar refractivity (Wildman–Crippen MR) is 161 cm³/mol. The first kappa shape index (κ1) is 22.2. The average molecular weight is 503 g/mol. The lowest BCUT2D eigenvalue weighted by Gasteiger charge is -2.08. The highest BCUT2D eigenvalue weighted by Gasteiger charge is 2.20. The number of rotatable bonds is 3. The number of fused-ring (bicyclic) bond motifs is 8. The molecule has 184 valence electrons. The maximum atomic E-state index is 10.00. The van der Waals surface area contributed by atoms with E-state index >= 15 is 0 Å². The highest BCUT2D eigenvalue weighted by atomic mass is 16.4. The first-order chi connectivity index (χ1) is 19.2. The van der Waals surface area contributed by atoms with Crippen molar-refractivity contribution in [2.24, 2.45) is 0 Å². The normalized spacial score (nSPS) is 11.8. The van der Waals surface area contributed by atoms with Crippen LogP contribution in [0.5, 0.6) is 0 Å². The van der Waals surface area contributed by atoms with Crippen molar-refractivity contribution in [2.75, 3.05) is 0 Å². The second-order valence-corrected chi connectivity index (χ2v) is 9.99. The van der Waals surface area contributed by atoms with Crippen molar-refractivity contribution in [1.82, 2.24) is 4.57 Å². The SMILES string of the molecule is OB(O)c1cccc2oc3ccc(-c4ccc5c(c4)c4c6ccccc6ccc4n5-c4ccccc4)cc3c12. The van der Waals surface area contributed by atoms with Gasteiger partial charge in [0.25, 0.3) is 0 Å². The Morgan fingerprint density at radius 2 is 1.28 bits per heavy atom. The zero-order valence-electron chi connectivity index (χ0n) is 20.9. The average Bonchev–Trinajstić information content (AvgIpc) is 3.52. The summed E-state index contributed by atoms with van der Waals surface area (Å²) in [6.45, 7) is 0. The number of para-hydroxylation sites is 1. The van der Waals surface area contributed by atoms with Crippen molar-refractivity contribution in [1.29, 1.82) is 0 Å². The summed E-state index contributed by atoms with van der Waals surface area (Å²) in [6.07, 6.45) is 0. The van der Waals surface area contributed by atoms with Crippen molar-refractivity contribution in [3.8, 4) is 16.8 Å². The van der Waals surface area contributed by atoms with Gasteiger partial charge in [-0.3, -0.25) is 0 Å². The first-order valence-corrected chi connectivity index (χ1v) is 13.0. The molecule has 0 amide bonds. The van der Waals surface area contributed by atoms with E-state index in [0.29, 0.717) is 11.0 Å². The number of hydrogen-bond acceptors (Lipinski definition) is 3. The summed E-state index contributed by atoms with van der Waals surface area (Å²) in [5.74, 6) is 0. The molecule has 0 spiro atoms. The van der Waals surface area contributed by atoms with Gasteiger partial charge in [0.05, 0.1) is 11.0 Å². The summed E-state index contributed by atoms with van der Waals surface area (Å²) in [5.41, 5.74) is 7.37. The molecule has 0 fully saturated rings. The van der Waals surface area contributed by atoms with E-state index in [4.69, 9.17) is 4.42 Å². The summed E-state index contributed by atoms with van der Waals surface area (Å²) >= 11 is 0. The van der Waals surface area contributed by atoms with E-state index in [0.717, 1.165) is 38.7 Å². The van der Waals surface area contributed by atoms with Gasteiger partial charge in [-0.05, 0) is 75.9 Å². The molecule has 0 aliphatic carbocycles. The topological polar surface area (TPSA) is 58.5 Å². The Hall–Kier alpha value is -4.84. The molecule has 0 saturated heterocycles. The predicted octanol–water partition coefficient (Wildman–Crippen LogP) is 7.18. The minimum atomic E-state index is -1.58. The lowest BCUT2D eigenvalue weighted by Crippen LogP contribution is -2.30. The number of hydrogen-bond donors (Lipinski definition) is 2. The van der Waals surface area contributed by atoms with Gasteiger partial charge < -0.3 is 19.0 Å². The van der Waals surface area contributed by atoms with Gasteiger partial charge in [-0.15, -0.1) is 0 Å². The van der Waals surface area contributed by atoms with E-state index < -0.39 is 7.12 Å². The summed E-state index contributed by atoms with van der Waals surface area (Å²) in [5, 5.41) is 26.5. The zero-order chi connectivity index (χ0) is 26.1. The van der Waals surface area contributed by atoms with Gasteiger partial charge in [-0.1, -0.05) is 72.8 Å². The number of nitrogens with zero attached hydrogens (tertiary/aromatic N) is 1. The van der Waals surface area contributed by atoms with E-state index in [9.17, 15) is 10.0 Å². The Balaban J connectivity index is 1.43. The van der Waals surface area contributed by atoms with E-state index in [1.54, 1.807) is 12.1 Å². The van der Waals surface area contributed by atoms with Gasteiger partial charge in [0.2, 0.25) is 0 Å². The molecule has 6 aromatic carbocycles. The lowest BCUT2D eigenvalue weighted by atomic mass is 9.77. The maximum Gasteiger partial charge on any atom is 0.489 e. The molecular weight excluding hydrogens is 481 g/mol. The van der Waals surface area contributed by atoms with Gasteiger partial charge in [-0.25, -0.2) is 0 Å². The molecule has 2 aromatic heterocycles. The van der Waals surface area contributed by atoms with Gasteiger partial charge >= 0.3 is 7.12 Å². The third kappa shape index (κ3) is 3.28. The summed E-state index contributed by atoms with van der Waals surface area (Å²) in [7, 11) is -1.58. The van der Waals surface area contributed by atoms with E-state index in [1.807, 2.05) is 18.2 Å². The molecule has 8 rings (SSSR count). The molecule has 4 nitrogen and oxygen atoms in total. The second-order valence-electron chi connectivity index (χ2n) is 9.99. The van der Waals surface area contributed by atoms with Crippen molar-refractivity contribution in [3.05, 3.63) is 121 Å². The molecule has 0 atom stereocenters. The van der Waals surface area contributed by atoms with Crippen LogP contribution in [0.4, 0.5) is 0 Å². The smallest absolute Gasteiger partial charge is 0.456 e. The fourth-order valence-corrected chi connectivity index (χ4v) is 6.07. The van der Waals surface area contributed by atoms with Gasteiger partial charge in [0.1, 0.15) is 11.2 Å². The Morgan fingerprint density at radius 1 is 0.538 bits per heavy atom. The van der Waals surface area contributed by atoms with Crippen LogP contribution in [0.1, 0.15) is 0 Å². The van der Waals surface area contributed by atoms with E-state index in [1.165, 1.54) is 27.1 Å². The molecule has 0 aliphatic rings. The Morgan fingerprint density at radius 3 is 2.13 bits per heavy atom. The quantitative estimate of drug-likeness (QED) is 0.251. The molecule has 8 aromatic rings. The Kier molecular flexibility index (Phi) is 4.74. The molecule has 0 unspecified atom stereocenters. The van der Waals surface area contributed by atoms with Crippen LogP contribution in [-0.4, -0.2) is 21.7 Å². The zero-order valence-corrected chi connectivity index (χ0v) is 20.9. The van der Waals surface area contributed by atoms with Crippen LogP contribution in [0.15, 0.2) is 126 Å². The van der Waals surface area contributed by atoms with Crippen LogP contribution in [0.2, 0.25) is 0 Å². The standard InChI is InChI=1S/C34H22BNO3/c37-35(38)28-11-6-12-32-34(28)27-20-23(15-18-31(27)39-32)22-14-16-29-26(19-22)33-25-10-5-4-7-21(25)13-17-30(33)36(29)24-8-2-1-3-9-24/h1-20,37-38H. The van der Waals surface area contributed by atoms with Crippen molar-refractivity contribution in [3.63, 3.8) is 0 Å². The van der Waals surface area contributed by atoms with Crippen molar-refractivity contribution in [2.45, 2.75) is 0 Å². The van der Waals surface area contributed by atoms with Crippen LogP contribution >= 0.6 is 0 Å². The minimum Gasteiger partial charge on any atom is -0.456 e. The third-order valence-electron chi connectivity index (χ3n) is 7.81. The number of benzene rings is 6. The highest BCUT2D eigenvalue weighted by molar-refractivity contribution is 6.62. The maximum absolute atomic E-state index is 10.00. The van der Waals surface area contributed by atoms with Gasteiger partial charge in [0, 0.05) is 27.2 Å². The van der Waals surface area contributed by atoms with Crippen molar-refractivity contribution >= 4 is 67.1 Å². The van der Waals surface area contributed by atoms with Crippen LogP contribution in [0, 0.1) is 0 Å². The molecule has 5 heteroatoms. The van der Waals surface area contributed by atoms with Crippen LogP contribution in [-0.2, 0) is 0 Å². The minimum absolute atomic E-state index is 0.441. The van der Waals surface area contributed by atoms with Gasteiger partial charge in [0.15, 0.2) is 0 Å². The fraction of sp³-hybridized carbons (Fsp3) is 0. The van der Waals surface area contributed by atoms with Gasteiger partial charge in [-0.2, -0.15) is 0 Å². The third-order valence-corrected chi connectivity index (χ3v) is 7.81. The lowest BCUT2D eigenvalue weighted by molar-refractivity contribution is 0.426. The fourth-order valence-electron chi connectivity index (χ4n) is 6.07. The molecule has 2 N–H and O–H groups in total. The first-order valence-electron chi connectivity index (χ1n) is 13.0. The van der Waals surface area contributed by atoms with Crippen LogP contribution < -0.4 is 5.46 Å². The van der Waals surface area contributed by atoms with Crippen molar-refractivity contribution < 1.29 is 14.5 Å². The Bertz CT molecular complexity index is 2210. The number of furan rings is 1. The summed E-state index contributed by atoms with van der Waals surface area (Å²) in [4.78, 5) is 0. The molecule has 0 radical (unpaired) electrons. The molecule has 0 aliphatic heterocycles. The van der Waals surface area contributed by atoms with Crippen LogP contribution in [0.3, 0.4) is 0 Å². The second kappa shape index (κ2) is 8.33. The Labute approximate surface area is 224 Å². The summed E-state index contributed by atoms with van der Waals surface area (Å²) in [6, 6.07) is 41.6.